The summed E-state index contributed by atoms with van der Waals surface area (Å²) in [5.74, 6) is -0.00597. The summed E-state index contributed by atoms with van der Waals surface area (Å²) in [6, 6.07) is 4.17. The van der Waals surface area contributed by atoms with E-state index in [9.17, 15) is 4.79 Å². The van der Waals surface area contributed by atoms with Crippen molar-refractivity contribution >= 4 is 39.8 Å². The molecule has 96 valence electrons. The first kappa shape index (κ1) is 14.9. The highest BCUT2D eigenvalue weighted by molar-refractivity contribution is 14.1. The molecule has 1 rings (SSSR count). The fourth-order valence-electron chi connectivity index (χ4n) is 1.35. The summed E-state index contributed by atoms with van der Waals surface area (Å²) < 4.78 is 6.32. The van der Waals surface area contributed by atoms with Crippen molar-refractivity contribution in [3.8, 4) is 0 Å². The van der Waals surface area contributed by atoms with Crippen molar-refractivity contribution in [3.63, 3.8) is 0 Å². The molecule has 0 aliphatic carbocycles. The Morgan fingerprint density at radius 2 is 2.41 bits per heavy atom. The minimum atomic E-state index is -0.183. The van der Waals surface area contributed by atoms with Crippen LogP contribution in [0.3, 0.4) is 0 Å². The third-order valence-corrected chi connectivity index (χ3v) is 4.29. The van der Waals surface area contributed by atoms with Crippen molar-refractivity contribution in [2.24, 2.45) is 5.73 Å². The van der Waals surface area contributed by atoms with Crippen LogP contribution in [0.25, 0.3) is 0 Å². The molecule has 4 nitrogen and oxygen atoms in total. The number of thiophene rings is 1. The number of hydrogen-bond acceptors (Lipinski definition) is 4. The summed E-state index contributed by atoms with van der Waals surface area (Å²) in [5.41, 5.74) is 5.45. The van der Waals surface area contributed by atoms with Gasteiger partial charge in [-0.25, -0.2) is 0 Å². The zero-order valence-electron chi connectivity index (χ0n) is 9.74. The first-order valence-corrected chi connectivity index (χ1v) is 7.29. The molecule has 1 atom stereocenters. The third-order valence-electron chi connectivity index (χ3n) is 2.33. The smallest absolute Gasteiger partial charge is 0.222 e. The first-order chi connectivity index (χ1) is 8.15. The molecule has 0 aliphatic heterocycles. The molecular formula is C11H17IN2O2S. The van der Waals surface area contributed by atoms with E-state index in [0.29, 0.717) is 19.5 Å². The number of ether oxygens (including phenoxy) is 1. The molecule has 0 aliphatic rings. The number of amides is 1. The zero-order valence-corrected chi connectivity index (χ0v) is 12.7. The van der Waals surface area contributed by atoms with Crippen LogP contribution in [0.15, 0.2) is 12.1 Å². The Morgan fingerprint density at radius 3 is 2.94 bits per heavy atom. The molecule has 6 heteroatoms. The summed E-state index contributed by atoms with van der Waals surface area (Å²) >= 11 is 4.05. The lowest BCUT2D eigenvalue weighted by Gasteiger charge is -2.12. The number of carbonyl (C=O) groups is 1. The second kappa shape index (κ2) is 8.02. The van der Waals surface area contributed by atoms with E-state index >= 15 is 0 Å². The van der Waals surface area contributed by atoms with Crippen molar-refractivity contribution in [2.75, 3.05) is 20.2 Å². The van der Waals surface area contributed by atoms with Crippen molar-refractivity contribution in [1.82, 2.24) is 5.32 Å². The molecule has 1 unspecified atom stereocenters. The molecule has 0 saturated carbocycles. The molecule has 0 bridgehead atoms. The lowest BCUT2D eigenvalue weighted by Crippen LogP contribution is -2.33. The molecule has 1 heterocycles. The summed E-state index contributed by atoms with van der Waals surface area (Å²) in [6.45, 7) is 1.03. The van der Waals surface area contributed by atoms with Gasteiger partial charge in [0.1, 0.15) is 0 Å². The number of rotatable bonds is 7. The Bertz CT molecular complexity index is 353. The van der Waals surface area contributed by atoms with Crippen LogP contribution in [0, 0.1) is 2.88 Å². The van der Waals surface area contributed by atoms with Crippen molar-refractivity contribution in [2.45, 2.75) is 18.9 Å². The molecule has 1 aromatic heterocycles. The quantitative estimate of drug-likeness (QED) is 0.715. The predicted octanol–water partition coefficient (Wildman–Crippen LogP) is 1.38. The maximum absolute atomic E-state index is 11.5. The Kier molecular flexibility index (Phi) is 7.02. The minimum Gasteiger partial charge on any atom is -0.380 e. The van der Waals surface area contributed by atoms with E-state index < -0.39 is 0 Å². The van der Waals surface area contributed by atoms with Gasteiger partial charge < -0.3 is 15.8 Å². The lowest BCUT2D eigenvalue weighted by molar-refractivity contribution is -0.123. The van der Waals surface area contributed by atoms with E-state index in [0.717, 1.165) is 6.42 Å². The standard InChI is InChI=1S/C11H17IN2O2S/c1-16-8(7-13)6-11(15)14-5-4-9-2-3-10(12)17-9/h2-3,8H,4-7,13H2,1H3,(H,14,15). The Balaban J connectivity index is 2.20. The highest BCUT2D eigenvalue weighted by Gasteiger charge is 2.10. The first-order valence-electron chi connectivity index (χ1n) is 5.39. The summed E-state index contributed by atoms with van der Waals surface area (Å²) in [5, 5.41) is 2.87. The van der Waals surface area contributed by atoms with Crippen LogP contribution in [0.4, 0.5) is 0 Å². The summed E-state index contributed by atoms with van der Waals surface area (Å²) in [6.07, 6.45) is 1.02. The molecule has 0 spiro atoms. The SMILES string of the molecule is COC(CN)CC(=O)NCCc1ccc(I)s1. The van der Waals surface area contributed by atoms with Crippen LogP contribution in [-0.2, 0) is 16.0 Å². The van der Waals surface area contributed by atoms with E-state index in [1.54, 1.807) is 18.4 Å². The number of carbonyl (C=O) groups excluding carboxylic acids is 1. The van der Waals surface area contributed by atoms with Crippen LogP contribution < -0.4 is 11.1 Å². The number of hydrogen-bond donors (Lipinski definition) is 2. The second-order valence-electron chi connectivity index (χ2n) is 3.60. The molecule has 1 amide bonds. The Hall–Kier alpha value is -0.180. The van der Waals surface area contributed by atoms with Gasteiger partial charge in [0.25, 0.3) is 0 Å². The van der Waals surface area contributed by atoms with E-state index in [1.165, 1.54) is 7.76 Å². The third kappa shape index (κ3) is 5.80. The molecule has 0 saturated heterocycles. The van der Waals surface area contributed by atoms with E-state index in [-0.39, 0.29) is 12.0 Å². The van der Waals surface area contributed by atoms with E-state index in [4.69, 9.17) is 10.5 Å². The van der Waals surface area contributed by atoms with Gasteiger partial charge in [0.15, 0.2) is 0 Å². The van der Waals surface area contributed by atoms with Gasteiger partial charge in [0.05, 0.1) is 15.4 Å². The van der Waals surface area contributed by atoms with Gasteiger partial charge >= 0.3 is 0 Å². The minimum absolute atomic E-state index is 0.00597. The van der Waals surface area contributed by atoms with Crippen LogP contribution >= 0.6 is 33.9 Å². The predicted molar refractivity (Wildman–Crippen MR) is 78.2 cm³/mol. The van der Waals surface area contributed by atoms with Gasteiger partial charge in [-0.1, -0.05) is 0 Å². The van der Waals surface area contributed by atoms with Gasteiger partial charge in [-0.15, -0.1) is 11.3 Å². The average Bonchev–Trinajstić information content (AvgIpc) is 2.72. The van der Waals surface area contributed by atoms with Crippen molar-refractivity contribution in [1.29, 1.82) is 0 Å². The normalized spacial score (nSPS) is 12.4. The maximum Gasteiger partial charge on any atom is 0.222 e. The molecular weight excluding hydrogens is 351 g/mol. The number of halogens is 1. The molecule has 0 fully saturated rings. The lowest BCUT2D eigenvalue weighted by atomic mass is 10.2. The maximum atomic E-state index is 11.5. The highest BCUT2D eigenvalue weighted by atomic mass is 127. The van der Waals surface area contributed by atoms with Crippen LogP contribution in [0.2, 0.25) is 0 Å². The van der Waals surface area contributed by atoms with Crippen LogP contribution in [-0.4, -0.2) is 32.2 Å². The highest BCUT2D eigenvalue weighted by Crippen LogP contribution is 2.18. The average molecular weight is 368 g/mol. The molecule has 17 heavy (non-hydrogen) atoms. The van der Waals surface area contributed by atoms with Crippen LogP contribution in [0.1, 0.15) is 11.3 Å². The van der Waals surface area contributed by atoms with E-state index in [2.05, 4.69) is 40.0 Å². The number of nitrogens with two attached hydrogens (primary N) is 1. The Labute approximate surface area is 119 Å². The van der Waals surface area contributed by atoms with Crippen LogP contribution in [0.5, 0.6) is 0 Å². The molecule has 0 radical (unpaired) electrons. The molecule has 3 N–H and O–H groups in total. The second-order valence-corrected chi connectivity index (χ2v) is 6.67. The van der Waals surface area contributed by atoms with Gasteiger partial charge in [0, 0.05) is 25.1 Å². The monoisotopic (exact) mass is 368 g/mol. The number of methoxy groups -OCH3 is 1. The van der Waals surface area contributed by atoms with Gasteiger partial charge in [-0.2, -0.15) is 0 Å². The number of nitrogens with one attached hydrogen (secondary N) is 1. The summed E-state index contributed by atoms with van der Waals surface area (Å²) in [4.78, 5) is 12.8. The Morgan fingerprint density at radius 1 is 1.65 bits per heavy atom. The largest absolute Gasteiger partial charge is 0.380 e. The molecule has 0 aromatic carbocycles. The van der Waals surface area contributed by atoms with Crippen molar-refractivity contribution in [3.05, 3.63) is 19.9 Å². The fourth-order valence-corrected chi connectivity index (χ4v) is 3.11. The van der Waals surface area contributed by atoms with E-state index in [1.807, 2.05) is 0 Å². The van der Waals surface area contributed by atoms with Gasteiger partial charge in [0.2, 0.25) is 5.91 Å². The fraction of sp³-hybridized carbons (Fsp3) is 0.545. The van der Waals surface area contributed by atoms with Crippen molar-refractivity contribution < 1.29 is 9.53 Å². The topological polar surface area (TPSA) is 64.3 Å². The van der Waals surface area contributed by atoms with Gasteiger partial charge in [-0.05, 0) is 41.1 Å². The molecule has 1 aromatic rings. The zero-order chi connectivity index (χ0) is 12.7. The van der Waals surface area contributed by atoms with Gasteiger partial charge in [-0.3, -0.25) is 4.79 Å². The summed E-state index contributed by atoms with van der Waals surface area (Å²) in [7, 11) is 1.57.